The molecular weight excluding hydrogens is 252 g/mol. The monoisotopic (exact) mass is 278 g/mol. The van der Waals surface area contributed by atoms with Gasteiger partial charge in [0.2, 0.25) is 0 Å². The molecule has 0 bridgehead atoms. The molecule has 0 saturated heterocycles. The number of hydrogen-bond donors (Lipinski definition) is 2. The van der Waals surface area contributed by atoms with Crippen molar-refractivity contribution in [2.75, 3.05) is 13.1 Å². The molecule has 112 valence electrons. The van der Waals surface area contributed by atoms with E-state index in [9.17, 15) is 4.79 Å². The van der Waals surface area contributed by atoms with Crippen LogP contribution in [0.1, 0.15) is 50.8 Å². The van der Waals surface area contributed by atoms with Gasteiger partial charge in [-0.05, 0) is 44.9 Å². The first-order valence-electron chi connectivity index (χ1n) is 7.60. The van der Waals surface area contributed by atoms with E-state index in [1.54, 1.807) is 0 Å². The average Bonchev–Trinajstić information content (AvgIpc) is 2.85. The molecule has 2 heterocycles. The Morgan fingerprint density at radius 2 is 2.20 bits per heavy atom. The van der Waals surface area contributed by atoms with E-state index in [1.165, 1.54) is 11.3 Å². The van der Waals surface area contributed by atoms with Crippen LogP contribution in [0.25, 0.3) is 0 Å². The number of hydrogen-bond acceptors (Lipinski definition) is 2. The van der Waals surface area contributed by atoms with E-state index in [4.69, 9.17) is 5.11 Å². The van der Waals surface area contributed by atoms with Crippen LogP contribution < -0.4 is 0 Å². The van der Waals surface area contributed by atoms with E-state index in [-0.39, 0.29) is 0 Å². The van der Waals surface area contributed by atoms with E-state index in [0.29, 0.717) is 0 Å². The number of carboxylic acids is 1. The van der Waals surface area contributed by atoms with Crippen LogP contribution in [0.15, 0.2) is 12.3 Å². The van der Waals surface area contributed by atoms with Crippen molar-refractivity contribution in [3.63, 3.8) is 0 Å². The number of rotatable bonds is 7. The highest BCUT2D eigenvalue weighted by Gasteiger charge is 2.26. The van der Waals surface area contributed by atoms with Crippen molar-refractivity contribution >= 4 is 5.97 Å². The lowest BCUT2D eigenvalue weighted by atomic mass is 9.87. The van der Waals surface area contributed by atoms with E-state index < -0.39 is 11.4 Å². The molecule has 0 radical (unpaired) electrons. The van der Waals surface area contributed by atoms with Gasteiger partial charge in [0.25, 0.3) is 0 Å². The van der Waals surface area contributed by atoms with Crippen LogP contribution in [0.2, 0.25) is 0 Å². The summed E-state index contributed by atoms with van der Waals surface area (Å²) in [6.07, 6.45) is 7.20. The van der Waals surface area contributed by atoms with Gasteiger partial charge in [-0.25, -0.2) is 0 Å². The van der Waals surface area contributed by atoms with Crippen LogP contribution >= 0.6 is 0 Å². The number of carbonyl (C=O) groups is 1. The van der Waals surface area contributed by atoms with Crippen LogP contribution in [-0.4, -0.2) is 34.0 Å². The number of aliphatic carboxylic acids is 1. The topological polar surface area (TPSA) is 56.3 Å². The van der Waals surface area contributed by atoms with Gasteiger partial charge in [-0.1, -0.05) is 12.8 Å². The van der Waals surface area contributed by atoms with E-state index >= 15 is 0 Å². The minimum absolute atomic E-state index is 0.578. The number of H-pyrrole nitrogens is 1. The fourth-order valence-electron chi connectivity index (χ4n) is 2.78. The third kappa shape index (κ3) is 3.85. The summed E-state index contributed by atoms with van der Waals surface area (Å²) in [6, 6.07) is 2.18. The predicted molar refractivity (Wildman–Crippen MR) is 79.7 cm³/mol. The molecule has 1 aromatic rings. The minimum atomic E-state index is -0.687. The maximum Gasteiger partial charge on any atom is 0.309 e. The number of fused-ring (bicyclic) bond motifs is 1. The van der Waals surface area contributed by atoms with Gasteiger partial charge in [-0.2, -0.15) is 0 Å². The van der Waals surface area contributed by atoms with Crippen LogP contribution in [0, 0.1) is 5.41 Å². The molecule has 0 aliphatic carbocycles. The van der Waals surface area contributed by atoms with Crippen molar-refractivity contribution in [2.45, 2.75) is 52.5 Å². The van der Waals surface area contributed by atoms with Crippen LogP contribution in [0.5, 0.6) is 0 Å². The number of carboxylic acid groups (broad SMARTS) is 1. The second-order valence-electron chi connectivity index (χ2n) is 6.51. The SMILES string of the molecule is CC(C)(CCCCCN1CCc2[nH]ccc2C1)C(=O)O. The Morgan fingerprint density at radius 1 is 1.40 bits per heavy atom. The van der Waals surface area contributed by atoms with Gasteiger partial charge in [0.05, 0.1) is 5.41 Å². The predicted octanol–water partition coefficient (Wildman–Crippen LogP) is 3.04. The molecule has 0 aromatic carbocycles. The molecule has 0 saturated carbocycles. The lowest BCUT2D eigenvalue weighted by molar-refractivity contribution is -0.147. The van der Waals surface area contributed by atoms with E-state index in [1.807, 2.05) is 20.0 Å². The van der Waals surface area contributed by atoms with E-state index in [2.05, 4.69) is 16.0 Å². The summed E-state index contributed by atoms with van der Waals surface area (Å²) in [7, 11) is 0. The van der Waals surface area contributed by atoms with Crippen molar-refractivity contribution in [1.82, 2.24) is 9.88 Å². The highest BCUT2D eigenvalue weighted by molar-refractivity contribution is 5.73. The van der Waals surface area contributed by atoms with Crippen molar-refractivity contribution in [2.24, 2.45) is 5.41 Å². The molecule has 2 N–H and O–H groups in total. The van der Waals surface area contributed by atoms with Gasteiger partial charge in [-0.15, -0.1) is 0 Å². The standard InChI is InChI=1S/C16H26N2O2/c1-16(2,15(19)20)8-4-3-5-10-18-11-7-14-13(12-18)6-9-17-14/h6,9,17H,3-5,7-8,10-12H2,1-2H3,(H,19,20). The molecule has 0 fully saturated rings. The van der Waals surface area contributed by atoms with Gasteiger partial charge in [0.15, 0.2) is 0 Å². The zero-order chi connectivity index (χ0) is 14.6. The highest BCUT2D eigenvalue weighted by atomic mass is 16.4. The Bertz CT molecular complexity index is 451. The molecule has 4 heteroatoms. The molecular formula is C16H26N2O2. The molecule has 2 rings (SSSR count). The zero-order valence-electron chi connectivity index (χ0n) is 12.6. The fourth-order valence-corrected chi connectivity index (χ4v) is 2.78. The van der Waals surface area contributed by atoms with Gasteiger partial charge >= 0.3 is 5.97 Å². The molecule has 1 aromatic heterocycles. The van der Waals surface area contributed by atoms with E-state index in [0.717, 1.165) is 51.7 Å². The second kappa shape index (κ2) is 6.44. The molecule has 0 spiro atoms. The summed E-state index contributed by atoms with van der Waals surface area (Å²) in [5.74, 6) is -0.687. The summed E-state index contributed by atoms with van der Waals surface area (Å²) in [4.78, 5) is 16.8. The van der Waals surface area contributed by atoms with Crippen molar-refractivity contribution < 1.29 is 9.90 Å². The maximum atomic E-state index is 11.0. The molecule has 1 aliphatic rings. The molecule has 1 aliphatic heterocycles. The number of aromatic amines is 1. The van der Waals surface area contributed by atoms with Crippen LogP contribution in [-0.2, 0) is 17.8 Å². The van der Waals surface area contributed by atoms with Crippen molar-refractivity contribution in [3.05, 3.63) is 23.5 Å². The molecule has 0 amide bonds. The quantitative estimate of drug-likeness (QED) is 0.754. The molecule has 4 nitrogen and oxygen atoms in total. The first-order valence-corrected chi connectivity index (χ1v) is 7.60. The van der Waals surface area contributed by atoms with Crippen molar-refractivity contribution in [1.29, 1.82) is 0 Å². The normalized spacial score (nSPS) is 16.1. The summed E-state index contributed by atoms with van der Waals surface area (Å²) >= 11 is 0. The lowest BCUT2D eigenvalue weighted by Crippen LogP contribution is -2.31. The van der Waals surface area contributed by atoms with Gasteiger partial charge in [0, 0.05) is 31.4 Å². The average molecular weight is 278 g/mol. The fraction of sp³-hybridized carbons (Fsp3) is 0.688. The first-order chi connectivity index (χ1) is 9.49. The Kier molecular flexibility index (Phi) is 4.86. The summed E-state index contributed by atoms with van der Waals surface area (Å²) in [5.41, 5.74) is 2.25. The number of nitrogens with zero attached hydrogens (tertiary/aromatic N) is 1. The zero-order valence-corrected chi connectivity index (χ0v) is 12.6. The molecule has 0 unspecified atom stereocenters. The second-order valence-corrected chi connectivity index (χ2v) is 6.51. The third-order valence-electron chi connectivity index (χ3n) is 4.36. The lowest BCUT2D eigenvalue weighted by Gasteiger charge is -2.27. The van der Waals surface area contributed by atoms with Gasteiger partial charge in [-0.3, -0.25) is 9.69 Å². The maximum absolute atomic E-state index is 11.0. The highest BCUT2D eigenvalue weighted by Crippen LogP contribution is 2.24. The molecule has 20 heavy (non-hydrogen) atoms. The Labute approximate surface area is 121 Å². The Morgan fingerprint density at radius 3 is 2.95 bits per heavy atom. The summed E-state index contributed by atoms with van der Waals surface area (Å²) < 4.78 is 0. The number of nitrogens with one attached hydrogen (secondary N) is 1. The largest absolute Gasteiger partial charge is 0.481 e. The number of unbranched alkanes of at least 4 members (excludes halogenated alkanes) is 2. The Hall–Kier alpha value is -1.29. The summed E-state index contributed by atoms with van der Waals surface area (Å²) in [6.45, 7) is 6.94. The summed E-state index contributed by atoms with van der Waals surface area (Å²) in [5, 5.41) is 9.06. The smallest absolute Gasteiger partial charge is 0.309 e. The van der Waals surface area contributed by atoms with Crippen molar-refractivity contribution in [3.8, 4) is 0 Å². The van der Waals surface area contributed by atoms with Gasteiger partial charge in [0.1, 0.15) is 0 Å². The van der Waals surface area contributed by atoms with Crippen LogP contribution in [0.4, 0.5) is 0 Å². The molecule has 0 atom stereocenters. The third-order valence-corrected chi connectivity index (χ3v) is 4.36. The number of aromatic nitrogens is 1. The van der Waals surface area contributed by atoms with Crippen LogP contribution in [0.3, 0.4) is 0 Å². The first kappa shape index (κ1) is 15.1. The van der Waals surface area contributed by atoms with Gasteiger partial charge < -0.3 is 10.1 Å². The Balaban J connectivity index is 1.62. The minimum Gasteiger partial charge on any atom is -0.481 e.